The van der Waals surface area contributed by atoms with Crippen molar-refractivity contribution in [1.29, 1.82) is 0 Å². The predicted molar refractivity (Wildman–Crippen MR) is 118 cm³/mol. The molecule has 2 N–H and O–H groups in total. The Kier molecular flexibility index (Phi) is 9.60. The Morgan fingerprint density at radius 3 is 2.90 bits per heavy atom. The molecule has 0 aromatic heterocycles. The van der Waals surface area contributed by atoms with Crippen LogP contribution in [0.2, 0.25) is 0 Å². The SMILES string of the molecule is C=CC(=O)N1CCC(OC(=O)NCCOCCNc2cc(F)ccc2C(C)CC)C1.[HH].[HH]. The largest absolute Gasteiger partial charge is 0.444 e. The Morgan fingerprint density at radius 2 is 2.17 bits per heavy atom. The second-order valence-electron chi connectivity index (χ2n) is 7.31. The van der Waals surface area contributed by atoms with Gasteiger partial charge in [-0.15, -0.1) is 0 Å². The molecule has 1 saturated heterocycles. The van der Waals surface area contributed by atoms with Gasteiger partial charge < -0.3 is 25.0 Å². The van der Waals surface area contributed by atoms with Crippen molar-refractivity contribution >= 4 is 17.7 Å². The summed E-state index contributed by atoms with van der Waals surface area (Å²) in [6, 6.07) is 4.80. The first-order chi connectivity index (χ1) is 14.4. The first-order valence-electron chi connectivity index (χ1n) is 10.4. The monoisotopic (exact) mass is 425 g/mol. The summed E-state index contributed by atoms with van der Waals surface area (Å²) in [7, 11) is 0. The minimum atomic E-state index is -0.521. The van der Waals surface area contributed by atoms with E-state index in [0.717, 1.165) is 17.7 Å². The van der Waals surface area contributed by atoms with Crippen molar-refractivity contribution < 1.29 is 26.3 Å². The molecule has 2 rings (SSSR count). The summed E-state index contributed by atoms with van der Waals surface area (Å²) in [6.45, 7) is 10.2. The van der Waals surface area contributed by atoms with E-state index in [0.29, 0.717) is 51.7 Å². The highest BCUT2D eigenvalue weighted by atomic mass is 19.1. The lowest BCUT2D eigenvalue weighted by molar-refractivity contribution is -0.125. The Bertz CT molecular complexity index is 739. The Morgan fingerprint density at radius 1 is 1.40 bits per heavy atom. The quantitative estimate of drug-likeness (QED) is 0.417. The lowest BCUT2D eigenvalue weighted by Gasteiger charge is -2.17. The molecule has 0 spiro atoms. The van der Waals surface area contributed by atoms with Crippen LogP contribution in [0.3, 0.4) is 0 Å². The van der Waals surface area contributed by atoms with Crippen LogP contribution in [0.4, 0.5) is 14.9 Å². The lowest BCUT2D eigenvalue weighted by atomic mass is 9.97. The van der Waals surface area contributed by atoms with Gasteiger partial charge in [-0.25, -0.2) is 9.18 Å². The summed E-state index contributed by atoms with van der Waals surface area (Å²) in [6.07, 6.45) is 2.03. The molecule has 0 bridgehead atoms. The number of likely N-dealkylation sites (tertiary alicyclic amines) is 1. The number of rotatable bonds is 11. The lowest BCUT2D eigenvalue weighted by Crippen LogP contribution is -2.34. The van der Waals surface area contributed by atoms with Crippen molar-refractivity contribution in [2.24, 2.45) is 0 Å². The van der Waals surface area contributed by atoms with Crippen LogP contribution in [-0.2, 0) is 14.3 Å². The zero-order valence-electron chi connectivity index (χ0n) is 17.8. The smallest absolute Gasteiger partial charge is 0.407 e. The van der Waals surface area contributed by atoms with Crippen LogP contribution < -0.4 is 10.6 Å². The van der Waals surface area contributed by atoms with E-state index >= 15 is 0 Å². The van der Waals surface area contributed by atoms with Gasteiger partial charge in [0.15, 0.2) is 0 Å². The van der Waals surface area contributed by atoms with E-state index in [9.17, 15) is 14.0 Å². The molecule has 1 heterocycles. The second-order valence-corrected chi connectivity index (χ2v) is 7.31. The van der Waals surface area contributed by atoms with Crippen molar-refractivity contribution in [2.45, 2.75) is 38.7 Å². The van der Waals surface area contributed by atoms with Crippen LogP contribution in [-0.4, -0.2) is 62.4 Å². The van der Waals surface area contributed by atoms with Gasteiger partial charge in [0.2, 0.25) is 5.91 Å². The fourth-order valence-electron chi connectivity index (χ4n) is 3.26. The Balaban J connectivity index is 0.00000480. The van der Waals surface area contributed by atoms with Crippen molar-refractivity contribution in [1.82, 2.24) is 10.2 Å². The summed E-state index contributed by atoms with van der Waals surface area (Å²) in [5, 5.41) is 5.85. The van der Waals surface area contributed by atoms with Crippen molar-refractivity contribution in [3.05, 3.63) is 42.2 Å². The Labute approximate surface area is 180 Å². The van der Waals surface area contributed by atoms with Gasteiger partial charge in [-0.3, -0.25) is 4.79 Å². The standard InChI is InChI=1S/C22H32FN3O4.2H2/c1-4-16(3)19-7-6-17(23)14-20(19)24-9-12-29-13-10-25-22(28)30-18-8-11-26(15-18)21(27)5-2;;/h5-7,14,16,18,24H,2,4,8-13,15H2,1,3H3,(H,25,28);2*1H. The third kappa shape index (κ3) is 7.33. The number of carbonyl (C=O) groups is 2. The van der Waals surface area contributed by atoms with Gasteiger partial charge >= 0.3 is 6.09 Å². The third-order valence-corrected chi connectivity index (χ3v) is 5.14. The van der Waals surface area contributed by atoms with Crippen LogP contribution >= 0.6 is 0 Å². The highest BCUT2D eigenvalue weighted by molar-refractivity contribution is 5.87. The molecule has 1 aromatic carbocycles. The molecule has 0 saturated carbocycles. The summed E-state index contributed by atoms with van der Waals surface area (Å²) >= 11 is 0. The zero-order valence-corrected chi connectivity index (χ0v) is 17.8. The number of nitrogens with one attached hydrogen (secondary N) is 2. The van der Waals surface area contributed by atoms with Gasteiger partial charge in [0.05, 0.1) is 19.8 Å². The van der Waals surface area contributed by atoms with Gasteiger partial charge in [0, 0.05) is 34.6 Å². The number of carbonyl (C=O) groups excluding carboxylic acids is 2. The molecule has 170 valence electrons. The number of nitrogens with zero attached hydrogens (tertiary/aromatic N) is 1. The maximum absolute atomic E-state index is 13.5. The number of amides is 2. The minimum absolute atomic E-state index is 0. The van der Waals surface area contributed by atoms with E-state index in [4.69, 9.17) is 9.47 Å². The number of hydrogen-bond acceptors (Lipinski definition) is 5. The average molecular weight is 426 g/mol. The predicted octanol–water partition coefficient (Wildman–Crippen LogP) is 3.77. The van der Waals surface area contributed by atoms with Crippen LogP contribution in [0, 0.1) is 5.82 Å². The average Bonchev–Trinajstić information content (AvgIpc) is 3.20. The van der Waals surface area contributed by atoms with E-state index < -0.39 is 6.09 Å². The number of anilines is 1. The molecule has 1 fully saturated rings. The van der Waals surface area contributed by atoms with Gasteiger partial charge in [0.25, 0.3) is 0 Å². The molecule has 2 amide bonds. The van der Waals surface area contributed by atoms with Gasteiger partial charge in [0.1, 0.15) is 11.9 Å². The second kappa shape index (κ2) is 12.2. The van der Waals surface area contributed by atoms with E-state index in [-0.39, 0.29) is 20.7 Å². The van der Waals surface area contributed by atoms with Gasteiger partial charge in [-0.05, 0) is 36.1 Å². The fraction of sp³-hybridized carbons (Fsp3) is 0.545. The summed E-state index contributed by atoms with van der Waals surface area (Å²) in [5.41, 5.74) is 1.87. The number of ether oxygens (including phenoxy) is 2. The number of hydrogen-bond donors (Lipinski definition) is 2. The van der Waals surface area contributed by atoms with Crippen LogP contribution in [0.1, 0.15) is 41.0 Å². The summed E-state index contributed by atoms with van der Waals surface area (Å²) in [5.74, 6) is -0.0866. The van der Waals surface area contributed by atoms with Crippen LogP contribution in [0.5, 0.6) is 0 Å². The molecule has 2 unspecified atom stereocenters. The number of benzene rings is 1. The van der Waals surface area contributed by atoms with Gasteiger partial charge in [-0.1, -0.05) is 26.5 Å². The summed E-state index contributed by atoms with van der Waals surface area (Å²) < 4.78 is 24.3. The zero-order chi connectivity index (χ0) is 21.9. The van der Waals surface area contributed by atoms with Crippen molar-refractivity contribution in [2.75, 3.05) is 44.7 Å². The van der Waals surface area contributed by atoms with Crippen molar-refractivity contribution in [3.63, 3.8) is 0 Å². The molecule has 0 aliphatic carbocycles. The molecule has 7 nitrogen and oxygen atoms in total. The highest BCUT2D eigenvalue weighted by Gasteiger charge is 2.27. The maximum atomic E-state index is 13.5. The van der Waals surface area contributed by atoms with E-state index in [1.807, 2.05) is 6.07 Å². The molecule has 1 aliphatic rings. The van der Waals surface area contributed by atoms with E-state index in [2.05, 4.69) is 31.1 Å². The van der Waals surface area contributed by atoms with E-state index in [1.54, 1.807) is 4.90 Å². The van der Waals surface area contributed by atoms with Crippen molar-refractivity contribution in [3.8, 4) is 0 Å². The highest BCUT2D eigenvalue weighted by Crippen LogP contribution is 2.27. The first kappa shape index (κ1) is 23.7. The van der Waals surface area contributed by atoms with E-state index in [1.165, 1.54) is 18.2 Å². The van der Waals surface area contributed by atoms with Crippen LogP contribution in [0.15, 0.2) is 30.9 Å². The molecule has 8 heteroatoms. The third-order valence-electron chi connectivity index (χ3n) is 5.14. The molecule has 0 radical (unpaired) electrons. The first-order valence-corrected chi connectivity index (χ1v) is 10.4. The molecular weight excluding hydrogens is 389 g/mol. The minimum Gasteiger partial charge on any atom is -0.444 e. The van der Waals surface area contributed by atoms with Gasteiger partial charge in [-0.2, -0.15) is 0 Å². The molecule has 2 atom stereocenters. The normalized spacial score (nSPS) is 16.8. The fourth-order valence-corrected chi connectivity index (χ4v) is 3.26. The molecule has 30 heavy (non-hydrogen) atoms. The molecule has 1 aromatic rings. The topological polar surface area (TPSA) is 79.9 Å². The Hall–Kier alpha value is -2.61. The number of halogens is 1. The van der Waals surface area contributed by atoms with Crippen LogP contribution in [0.25, 0.3) is 0 Å². The molecule has 1 aliphatic heterocycles. The maximum Gasteiger partial charge on any atom is 0.407 e. The number of alkyl carbamates (subject to hydrolysis) is 1. The molecular formula is C22H36FN3O4. The summed E-state index contributed by atoms with van der Waals surface area (Å²) in [4.78, 5) is 25.0.